The number of nitrogens with one attached hydrogen (secondary N) is 2. The van der Waals surface area contributed by atoms with Crippen molar-refractivity contribution in [2.75, 3.05) is 0 Å². The molecule has 1 aliphatic rings. The van der Waals surface area contributed by atoms with Crippen LogP contribution in [-0.4, -0.2) is 36.3 Å². The van der Waals surface area contributed by atoms with E-state index in [0.717, 1.165) is 0 Å². The number of carbonyl (C=O) groups excluding carboxylic acids is 2. The van der Waals surface area contributed by atoms with Crippen LogP contribution in [0.5, 0.6) is 0 Å². The van der Waals surface area contributed by atoms with E-state index in [4.69, 9.17) is 0 Å². The molecular formula is C12H14F6N2O2. The summed E-state index contributed by atoms with van der Waals surface area (Å²) in [5.74, 6) is -4.48. The number of rotatable bonds is 2. The molecule has 0 saturated heterocycles. The van der Waals surface area contributed by atoms with Gasteiger partial charge >= 0.3 is 24.2 Å². The minimum absolute atomic E-state index is 0.0128. The highest BCUT2D eigenvalue weighted by atomic mass is 19.4. The van der Waals surface area contributed by atoms with E-state index in [1.54, 1.807) is 22.8 Å². The molecule has 2 amide bonds. The van der Waals surface area contributed by atoms with E-state index in [9.17, 15) is 35.9 Å². The second kappa shape index (κ2) is 7.01. The molecule has 1 aliphatic carbocycles. The van der Waals surface area contributed by atoms with Gasteiger partial charge in [-0.05, 0) is 25.7 Å². The van der Waals surface area contributed by atoms with Crippen molar-refractivity contribution in [3.63, 3.8) is 0 Å². The Balaban J connectivity index is 2.84. The lowest BCUT2D eigenvalue weighted by Gasteiger charge is -2.30. The lowest BCUT2D eigenvalue weighted by Crippen LogP contribution is -2.56. The summed E-state index contributed by atoms with van der Waals surface area (Å²) in [7, 11) is 0. The predicted octanol–water partition coefficient (Wildman–Crippen LogP) is 2.21. The third-order valence-corrected chi connectivity index (χ3v) is 3.09. The number of halogens is 6. The van der Waals surface area contributed by atoms with Crippen LogP contribution in [-0.2, 0) is 9.59 Å². The van der Waals surface area contributed by atoms with Crippen LogP contribution in [0.3, 0.4) is 0 Å². The fourth-order valence-electron chi connectivity index (χ4n) is 2.04. The first kappa shape index (κ1) is 18.3. The maximum Gasteiger partial charge on any atom is 0.471 e. The molecule has 1 rings (SSSR count). The number of alkyl halides is 6. The zero-order valence-electron chi connectivity index (χ0n) is 11.2. The van der Waals surface area contributed by atoms with E-state index in [-0.39, 0.29) is 25.7 Å². The maximum absolute atomic E-state index is 12.3. The molecular weight excluding hydrogens is 318 g/mol. The molecule has 2 N–H and O–H groups in total. The maximum atomic E-state index is 12.3. The summed E-state index contributed by atoms with van der Waals surface area (Å²) in [4.78, 5) is 21.9. The number of amides is 2. The average molecular weight is 332 g/mol. The van der Waals surface area contributed by atoms with Crippen molar-refractivity contribution in [3.05, 3.63) is 12.2 Å². The van der Waals surface area contributed by atoms with Crippen molar-refractivity contribution < 1.29 is 35.9 Å². The molecule has 0 aromatic rings. The van der Waals surface area contributed by atoms with Crippen LogP contribution in [0.1, 0.15) is 25.7 Å². The average Bonchev–Trinajstić information content (AvgIpc) is 2.34. The number of carbonyl (C=O) groups is 2. The molecule has 0 heterocycles. The molecule has 10 heteroatoms. The van der Waals surface area contributed by atoms with Gasteiger partial charge in [-0.2, -0.15) is 26.3 Å². The minimum atomic E-state index is -5.14. The predicted molar refractivity (Wildman–Crippen MR) is 63.6 cm³/mol. The van der Waals surface area contributed by atoms with Gasteiger partial charge in [-0.3, -0.25) is 9.59 Å². The van der Waals surface area contributed by atoms with Crippen LogP contribution in [0.15, 0.2) is 12.2 Å². The summed E-state index contributed by atoms with van der Waals surface area (Å²) < 4.78 is 73.6. The smallest absolute Gasteiger partial charge is 0.343 e. The normalized spacial score (nSPS) is 24.8. The summed E-state index contributed by atoms with van der Waals surface area (Å²) >= 11 is 0. The number of hydrogen-bond donors (Lipinski definition) is 2. The molecule has 0 radical (unpaired) electrons. The molecule has 0 aromatic carbocycles. The lowest BCUT2D eigenvalue weighted by atomic mass is 9.95. The van der Waals surface area contributed by atoms with E-state index in [0.29, 0.717) is 0 Å². The zero-order valence-corrected chi connectivity index (χ0v) is 11.2. The second-order valence-electron chi connectivity index (χ2n) is 4.78. The number of hydrogen-bond acceptors (Lipinski definition) is 2. The molecule has 0 fully saturated rings. The highest BCUT2D eigenvalue weighted by Crippen LogP contribution is 2.20. The van der Waals surface area contributed by atoms with Gasteiger partial charge in [0.25, 0.3) is 0 Å². The van der Waals surface area contributed by atoms with Gasteiger partial charge in [0.2, 0.25) is 0 Å². The SMILES string of the molecule is O=C(N[C@H]1CC/C=C\CC[C@H]1NC(=O)C(F)(F)F)C(F)(F)F. The van der Waals surface area contributed by atoms with Gasteiger partial charge < -0.3 is 10.6 Å². The Labute approximate surface area is 121 Å². The first-order valence-corrected chi connectivity index (χ1v) is 6.42. The molecule has 0 spiro atoms. The van der Waals surface area contributed by atoms with Gasteiger partial charge in [0, 0.05) is 12.1 Å². The molecule has 2 atom stereocenters. The van der Waals surface area contributed by atoms with Gasteiger partial charge in [0.05, 0.1) is 0 Å². The quantitative estimate of drug-likeness (QED) is 0.602. The standard InChI is InChI=1S/C12H14F6N2O2/c13-11(14,15)9(21)19-7-5-3-1-2-4-6-8(7)20-10(22)12(16,17)18/h1-2,7-8H,3-6H2,(H,19,21)(H,20,22)/b2-1-/t7-,8+. The van der Waals surface area contributed by atoms with Crippen molar-refractivity contribution in [2.24, 2.45) is 0 Å². The first-order chi connectivity index (χ1) is 10.0. The third-order valence-electron chi connectivity index (χ3n) is 3.09. The van der Waals surface area contributed by atoms with Crippen molar-refractivity contribution >= 4 is 11.8 Å². The Morgan fingerprint density at radius 3 is 1.36 bits per heavy atom. The highest BCUT2D eigenvalue weighted by molar-refractivity contribution is 5.83. The first-order valence-electron chi connectivity index (χ1n) is 6.42. The van der Waals surface area contributed by atoms with E-state index < -0.39 is 36.3 Å². The van der Waals surface area contributed by atoms with Crippen molar-refractivity contribution in [2.45, 2.75) is 50.1 Å². The molecule has 126 valence electrons. The van der Waals surface area contributed by atoms with Gasteiger partial charge in [-0.15, -0.1) is 0 Å². The van der Waals surface area contributed by atoms with Gasteiger partial charge in [0.1, 0.15) is 0 Å². The number of allylic oxidation sites excluding steroid dienone is 2. The second-order valence-corrected chi connectivity index (χ2v) is 4.78. The van der Waals surface area contributed by atoms with E-state index >= 15 is 0 Å². The molecule has 22 heavy (non-hydrogen) atoms. The zero-order chi connectivity index (χ0) is 17.0. The Bertz CT molecular complexity index is 404. The summed E-state index contributed by atoms with van der Waals surface area (Å²) in [6.45, 7) is 0. The summed E-state index contributed by atoms with van der Waals surface area (Å²) in [5.41, 5.74) is 0. The topological polar surface area (TPSA) is 58.2 Å². The van der Waals surface area contributed by atoms with Gasteiger partial charge in [0.15, 0.2) is 0 Å². The van der Waals surface area contributed by atoms with Crippen LogP contribution in [0.25, 0.3) is 0 Å². The van der Waals surface area contributed by atoms with Gasteiger partial charge in [-0.1, -0.05) is 12.2 Å². The molecule has 4 nitrogen and oxygen atoms in total. The molecule has 0 aliphatic heterocycles. The summed E-state index contributed by atoms with van der Waals surface area (Å²) in [6, 6.07) is -2.46. The van der Waals surface area contributed by atoms with Crippen LogP contribution in [0.4, 0.5) is 26.3 Å². The van der Waals surface area contributed by atoms with E-state index in [2.05, 4.69) is 0 Å². The lowest BCUT2D eigenvalue weighted by molar-refractivity contribution is -0.176. The molecule has 0 unspecified atom stereocenters. The fraction of sp³-hybridized carbons (Fsp3) is 0.667. The fourth-order valence-corrected chi connectivity index (χ4v) is 2.04. The Kier molecular flexibility index (Phi) is 5.84. The van der Waals surface area contributed by atoms with Crippen molar-refractivity contribution in [1.29, 1.82) is 0 Å². The Morgan fingerprint density at radius 1 is 0.773 bits per heavy atom. The van der Waals surface area contributed by atoms with Crippen molar-refractivity contribution in [1.82, 2.24) is 10.6 Å². The van der Waals surface area contributed by atoms with Crippen LogP contribution >= 0.6 is 0 Å². The molecule has 0 aromatic heterocycles. The van der Waals surface area contributed by atoms with Crippen molar-refractivity contribution in [3.8, 4) is 0 Å². The van der Waals surface area contributed by atoms with Crippen LogP contribution in [0.2, 0.25) is 0 Å². The van der Waals surface area contributed by atoms with Gasteiger partial charge in [-0.25, -0.2) is 0 Å². The Hall–Kier alpha value is -1.74. The van der Waals surface area contributed by atoms with E-state index in [1.165, 1.54) is 0 Å². The minimum Gasteiger partial charge on any atom is -0.343 e. The highest BCUT2D eigenvalue weighted by Gasteiger charge is 2.43. The summed E-state index contributed by atoms with van der Waals surface area (Å²) in [6.07, 6.45) is -6.43. The monoisotopic (exact) mass is 332 g/mol. The van der Waals surface area contributed by atoms with Crippen LogP contribution < -0.4 is 10.6 Å². The summed E-state index contributed by atoms with van der Waals surface area (Å²) in [5, 5.41) is 3.31. The largest absolute Gasteiger partial charge is 0.471 e. The Morgan fingerprint density at radius 2 is 1.09 bits per heavy atom. The van der Waals surface area contributed by atoms with E-state index in [1.807, 2.05) is 0 Å². The van der Waals surface area contributed by atoms with Crippen LogP contribution in [0, 0.1) is 0 Å². The molecule has 0 bridgehead atoms. The third kappa shape index (κ3) is 5.57. The molecule has 0 saturated carbocycles.